The van der Waals surface area contributed by atoms with E-state index in [1.807, 2.05) is 0 Å². The first kappa shape index (κ1) is 17.8. The van der Waals surface area contributed by atoms with Crippen molar-refractivity contribution in [1.82, 2.24) is 5.32 Å². The molecule has 1 fully saturated rings. The number of amides is 1. The fraction of sp³-hybridized carbons (Fsp3) is 0.562. The second kappa shape index (κ2) is 6.55. The Labute approximate surface area is 135 Å². The number of carbonyl (C=O) groups excluding carboxylic acids is 1. The van der Waals surface area contributed by atoms with Gasteiger partial charge in [-0.2, -0.15) is 0 Å². The van der Waals surface area contributed by atoms with Crippen LogP contribution in [-0.4, -0.2) is 32.4 Å². The number of halogens is 2. The molecule has 2 rings (SSSR count). The third kappa shape index (κ3) is 3.71. The molecule has 0 saturated heterocycles. The maximum absolute atomic E-state index is 14.2. The molecule has 1 aliphatic rings. The summed E-state index contributed by atoms with van der Waals surface area (Å²) < 4.78 is 51.2. The van der Waals surface area contributed by atoms with Crippen LogP contribution in [0.4, 0.5) is 8.78 Å². The van der Waals surface area contributed by atoms with Crippen molar-refractivity contribution in [1.29, 1.82) is 0 Å². The van der Waals surface area contributed by atoms with Gasteiger partial charge in [0.25, 0.3) is 0 Å². The molecule has 1 amide bonds. The highest BCUT2D eigenvalue weighted by Crippen LogP contribution is 2.42. The van der Waals surface area contributed by atoms with Gasteiger partial charge in [-0.1, -0.05) is 18.9 Å². The first-order valence-corrected chi connectivity index (χ1v) is 9.54. The maximum Gasteiger partial charge on any atom is 0.238 e. The van der Waals surface area contributed by atoms with Crippen LogP contribution in [0.25, 0.3) is 0 Å². The fourth-order valence-corrected chi connectivity index (χ4v) is 3.64. The lowest BCUT2D eigenvalue weighted by molar-refractivity contribution is -0.120. The molecule has 1 aromatic rings. The van der Waals surface area contributed by atoms with Crippen molar-refractivity contribution in [2.24, 2.45) is 0 Å². The zero-order valence-corrected chi connectivity index (χ0v) is 14.1. The number of hydrogen-bond acceptors (Lipinski definition) is 3. The molecule has 0 unspecified atom stereocenters. The van der Waals surface area contributed by atoms with Gasteiger partial charge >= 0.3 is 0 Å². The van der Waals surface area contributed by atoms with Gasteiger partial charge in [-0.15, -0.1) is 0 Å². The Morgan fingerprint density at radius 2 is 1.78 bits per heavy atom. The van der Waals surface area contributed by atoms with Crippen molar-refractivity contribution in [3.63, 3.8) is 0 Å². The summed E-state index contributed by atoms with van der Waals surface area (Å²) in [6, 6.07) is 3.72. The monoisotopic (exact) mass is 345 g/mol. The highest BCUT2D eigenvalue weighted by molar-refractivity contribution is 7.92. The summed E-state index contributed by atoms with van der Waals surface area (Å²) in [5.41, 5.74) is -0.827. The van der Waals surface area contributed by atoms with Gasteiger partial charge in [-0.3, -0.25) is 4.79 Å². The van der Waals surface area contributed by atoms with Crippen LogP contribution < -0.4 is 5.32 Å². The van der Waals surface area contributed by atoms with E-state index in [2.05, 4.69) is 5.32 Å². The summed E-state index contributed by atoms with van der Waals surface area (Å²) >= 11 is 0. The number of rotatable bonds is 5. The van der Waals surface area contributed by atoms with Gasteiger partial charge < -0.3 is 5.32 Å². The quantitative estimate of drug-likeness (QED) is 0.891. The Balaban J connectivity index is 2.25. The lowest BCUT2D eigenvalue weighted by Crippen LogP contribution is -2.45. The van der Waals surface area contributed by atoms with E-state index < -0.39 is 38.0 Å². The molecule has 1 aliphatic carbocycles. The SMILES string of the molecule is C[C@H](C(=O)NCC1(c2c(F)cccc2F)CCCC1)S(C)(=O)=O. The van der Waals surface area contributed by atoms with Crippen molar-refractivity contribution in [2.75, 3.05) is 12.8 Å². The van der Waals surface area contributed by atoms with Crippen molar-refractivity contribution in [3.8, 4) is 0 Å². The van der Waals surface area contributed by atoms with Gasteiger partial charge in [0.15, 0.2) is 9.84 Å². The average molecular weight is 345 g/mol. The fourth-order valence-electron chi connectivity index (χ4n) is 3.17. The smallest absolute Gasteiger partial charge is 0.238 e. The van der Waals surface area contributed by atoms with Crippen LogP contribution in [0.3, 0.4) is 0 Å². The van der Waals surface area contributed by atoms with Gasteiger partial charge in [-0.05, 0) is 31.9 Å². The topological polar surface area (TPSA) is 63.2 Å². The van der Waals surface area contributed by atoms with E-state index in [4.69, 9.17) is 0 Å². The molecule has 0 aliphatic heterocycles. The van der Waals surface area contributed by atoms with Crippen LogP contribution in [0.2, 0.25) is 0 Å². The number of nitrogens with one attached hydrogen (secondary N) is 1. The first-order valence-electron chi connectivity index (χ1n) is 7.58. The van der Waals surface area contributed by atoms with Crippen molar-refractivity contribution < 1.29 is 22.0 Å². The Morgan fingerprint density at radius 3 is 2.26 bits per heavy atom. The summed E-state index contributed by atoms with van der Waals surface area (Å²) in [4.78, 5) is 12.0. The Hall–Kier alpha value is -1.50. The standard InChI is InChI=1S/C16H21F2NO3S/c1-11(23(2,21)22)15(20)19-10-16(8-3-4-9-16)14-12(17)6-5-7-13(14)18/h5-7,11H,3-4,8-10H2,1-2H3,(H,19,20)/t11-/m1/s1. The summed E-state index contributed by atoms with van der Waals surface area (Å²) in [6.07, 6.45) is 3.71. The van der Waals surface area contributed by atoms with E-state index >= 15 is 0 Å². The van der Waals surface area contributed by atoms with Gasteiger partial charge in [0.2, 0.25) is 5.91 Å². The van der Waals surface area contributed by atoms with Crippen LogP contribution in [0.1, 0.15) is 38.2 Å². The van der Waals surface area contributed by atoms with Crippen molar-refractivity contribution >= 4 is 15.7 Å². The molecule has 23 heavy (non-hydrogen) atoms. The number of carbonyl (C=O) groups is 1. The minimum Gasteiger partial charge on any atom is -0.354 e. The zero-order chi connectivity index (χ0) is 17.3. The van der Waals surface area contributed by atoms with E-state index in [1.165, 1.54) is 25.1 Å². The summed E-state index contributed by atoms with van der Waals surface area (Å²) in [5.74, 6) is -1.90. The molecule has 1 saturated carbocycles. The molecule has 0 aromatic heterocycles. The van der Waals surface area contributed by atoms with E-state index in [0.29, 0.717) is 12.8 Å². The summed E-state index contributed by atoms with van der Waals surface area (Å²) in [6.45, 7) is 1.33. The largest absolute Gasteiger partial charge is 0.354 e. The second-order valence-electron chi connectivity index (χ2n) is 6.27. The molecule has 1 atom stereocenters. The van der Waals surface area contributed by atoms with Crippen LogP contribution in [0.15, 0.2) is 18.2 Å². The Bertz CT molecular complexity index is 677. The lowest BCUT2D eigenvalue weighted by atomic mass is 9.78. The molecular weight excluding hydrogens is 324 g/mol. The van der Waals surface area contributed by atoms with Crippen LogP contribution in [-0.2, 0) is 20.0 Å². The van der Waals surface area contributed by atoms with Crippen LogP contribution in [0, 0.1) is 11.6 Å². The van der Waals surface area contributed by atoms with E-state index in [9.17, 15) is 22.0 Å². The van der Waals surface area contributed by atoms with Gasteiger partial charge in [0.1, 0.15) is 16.9 Å². The second-order valence-corrected chi connectivity index (χ2v) is 8.64. The van der Waals surface area contributed by atoms with Crippen molar-refractivity contribution in [3.05, 3.63) is 35.4 Å². The molecule has 1 N–H and O–H groups in total. The van der Waals surface area contributed by atoms with Gasteiger partial charge in [0, 0.05) is 23.8 Å². The minimum atomic E-state index is -3.51. The van der Waals surface area contributed by atoms with E-state index in [0.717, 1.165) is 19.1 Å². The molecule has 0 radical (unpaired) electrons. The molecular formula is C16H21F2NO3S. The minimum absolute atomic E-state index is 0.00944. The normalized spacial score (nSPS) is 18.6. The predicted molar refractivity (Wildman–Crippen MR) is 83.8 cm³/mol. The molecule has 4 nitrogen and oxygen atoms in total. The molecule has 0 spiro atoms. The highest BCUT2D eigenvalue weighted by Gasteiger charge is 2.40. The van der Waals surface area contributed by atoms with Crippen molar-refractivity contribution in [2.45, 2.75) is 43.3 Å². The third-order valence-electron chi connectivity index (χ3n) is 4.67. The third-order valence-corrected chi connectivity index (χ3v) is 6.16. The van der Waals surface area contributed by atoms with Gasteiger partial charge in [0.05, 0.1) is 0 Å². The zero-order valence-electron chi connectivity index (χ0n) is 13.2. The molecule has 0 bridgehead atoms. The maximum atomic E-state index is 14.2. The number of hydrogen-bond donors (Lipinski definition) is 1. The number of benzene rings is 1. The Kier molecular flexibility index (Phi) is 5.08. The summed E-state index contributed by atoms with van der Waals surface area (Å²) in [5, 5.41) is 1.38. The Morgan fingerprint density at radius 1 is 1.26 bits per heavy atom. The predicted octanol–water partition coefficient (Wildman–Crippen LogP) is 2.33. The summed E-state index contributed by atoms with van der Waals surface area (Å²) in [7, 11) is -3.51. The highest BCUT2D eigenvalue weighted by atomic mass is 32.2. The van der Waals surface area contributed by atoms with E-state index in [-0.39, 0.29) is 12.1 Å². The number of sulfone groups is 1. The molecule has 0 heterocycles. The van der Waals surface area contributed by atoms with Crippen LogP contribution >= 0.6 is 0 Å². The first-order chi connectivity index (χ1) is 10.7. The van der Waals surface area contributed by atoms with E-state index in [1.54, 1.807) is 0 Å². The molecule has 7 heteroatoms. The molecule has 1 aromatic carbocycles. The molecule has 128 valence electrons. The average Bonchev–Trinajstić information content (AvgIpc) is 2.92. The van der Waals surface area contributed by atoms with Crippen LogP contribution in [0.5, 0.6) is 0 Å². The lowest BCUT2D eigenvalue weighted by Gasteiger charge is -2.31. The van der Waals surface area contributed by atoms with Gasteiger partial charge in [-0.25, -0.2) is 17.2 Å².